The third-order valence-corrected chi connectivity index (χ3v) is 2.90. The molecule has 0 aromatic rings. The lowest BCUT2D eigenvalue weighted by atomic mass is 10.0. The zero-order valence-electron chi connectivity index (χ0n) is 11.3. The molecule has 0 saturated carbocycles. The van der Waals surface area contributed by atoms with Crippen molar-refractivity contribution in [2.24, 2.45) is 16.8 Å². The van der Waals surface area contributed by atoms with Crippen molar-refractivity contribution in [3.05, 3.63) is 0 Å². The first-order valence-corrected chi connectivity index (χ1v) is 6.18. The van der Waals surface area contributed by atoms with Crippen molar-refractivity contribution in [3.63, 3.8) is 0 Å². The molecular weight excluding hydrogens is 218 g/mol. The average Bonchev–Trinajstić information content (AvgIpc) is 2.28. The SMILES string of the molecule is CCC(C)CC(=O)N(CCC(N)=NO)C(C)C. The molecule has 0 aromatic heterocycles. The highest BCUT2D eigenvalue weighted by atomic mass is 16.4. The molecule has 0 aromatic carbocycles. The maximum Gasteiger partial charge on any atom is 0.223 e. The topological polar surface area (TPSA) is 78.9 Å². The normalized spacial score (nSPS) is 13.8. The van der Waals surface area contributed by atoms with Gasteiger partial charge >= 0.3 is 0 Å². The van der Waals surface area contributed by atoms with Gasteiger partial charge in [0.15, 0.2) is 0 Å². The van der Waals surface area contributed by atoms with Crippen molar-refractivity contribution < 1.29 is 10.0 Å². The van der Waals surface area contributed by atoms with Gasteiger partial charge in [-0.05, 0) is 19.8 Å². The fourth-order valence-corrected chi connectivity index (χ4v) is 1.52. The summed E-state index contributed by atoms with van der Waals surface area (Å²) < 4.78 is 0. The van der Waals surface area contributed by atoms with E-state index in [0.29, 0.717) is 25.3 Å². The summed E-state index contributed by atoms with van der Waals surface area (Å²) in [6.07, 6.45) is 1.96. The van der Waals surface area contributed by atoms with E-state index in [4.69, 9.17) is 10.9 Å². The van der Waals surface area contributed by atoms with E-state index in [9.17, 15) is 4.79 Å². The summed E-state index contributed by atoms with van der Waals surface area (Å²) in [4.78, 5) is 13.8. The van der Waals surface area contributed by atoms with Gasteiger partial charge in [0.2, 0.25) is 5.91 Å². The van der Waals surface area contributed by atoms with Crippen molar-refractivity contribution in [3.8, 4) is 0 Å². The van der Waals surface area contributed by atoms with Crippen molar-refractivity contribution in [1.29, 1.82) is 0 Å². The quantitative estimate of drug-likeness (QED) is 0.310. The molecule has 0 radical (unpaired) electrons. The lowest BCUT2D eigenvalue weighted by Crippen LogP contribution is -2.39. The number of amidine groups is 1. The molecule has 0 aliphatic heterocycles. The molecule has 17 heavy (non-hydrogen) atoms. The van der Waals surface area contributed by atoms with Crippen molar-refractivity contribution >= 4 is 11.7 Å². The Morgan fingerprint density at radius 3 is 2.41 bits per heavy atom. The van der Waals surface area contributed by atoms with Gasteiger partial charge in [0.05, 0.1) is 0 Å². The second-order valence-corrected chi connectivity index (χ2v) is 4.74. The van der Waals surface area contributed by atoms with Crippen LogP contribution in [0.5, 0.6) is 0 Å². The van der Waals surface area contributed by atoms with Crippen molar-refractivity contribution in [2.75, 3.05) is 6.54 Å². The molecule has 5 heteroatoms. The maximum absolute atomic E-state index is 12.0. The van der Waals surface area contributed by atoms with Crippen LogP contribution >= 0.6 is 0 Å². The number of carbonyl (C=O) groups is 1. The van der Waals surface area contributed by atoms with E-state index < -0.39 is 0 Å². The van der Waals surface area contributed by atoms with E-state index in [1.807, 2.05) is 13.8 Å². The third-order valence-electron chi connectivity index (χ3n) is 2.90. The highest BCUT2D eigenvalue weighted by Crippen LogP contribution is 2.11. The molecule has 0 bridgehead atoms. The fraction of sp³-hybridized carbons (Fsp3) is 0.833. The number of oxime groups is 1. The molecule has 0 aliphatic carbocycles. The van der Waals surface area contributed by atoms with Crippen LogP contribution < -0.4 is 5.73 Å². The summed E-state index contributed by atoms with van der Waals surface area (Å²) in [6.45, 7) is 8.60. The Morgan fingerprint density at radius 1 is 1.41 bits per heavy atom. The van der Waals surface area contributed by atoms with Crippen molar-refractivity contribution in [2.45, 2.75) is 53.0 Å². The monoisotopic (exact) mass is 243 g/mol. The first kappa shape index (κ1) is 15.7. The Bertz CT molecular complexity index is 264. The largest absolute Gasteiger partial charge is 0.409 e. The van der Waals surface area contributed by atoms with E-state index in [0.717, 1.165) is 6.42 Å². The molecule has 1 amide bonds. The second kappa shape index (κ2) is 7.92. The van der Waals surface area contributed by atoms with Gasteiger partial charge in [0.25, 0.3) is 0 Å². The molecule has 0 saturated heterocycles. The van der Waals surface area contributed by atoms with Crippen LogP contribution in [-0.4, -0.2) is 34.4 Å². The van der Waals surface area contributed by atoms with E-state index >= 15 is 0 Å². The third kappa shape index (κ3) is 6.14. The molecule has 0 heterocycles. The van der Waals surface area contributed by atoms with Crippen LogP contribution in [0.3, 0.4) is 0 Å². The van der Waals surface area contributed by atoms with E-state index in [1.165, 1.54) is 0 Å². The number of hydrogen-bond donors (Lipinski definition) is 2. The Labute approximate surface area is 104 Å². The summed E-state index contributed by atoms with van der Waals surface area (Å²) in [5, 5.41) is 11.4. The second-order valence-electron chi connectivity index (χ2n) is 4.74. The molecule has 1 unspecified atom stereocenters. The summed E-state index contributed by atoms with van der Waals surface area (Å²) in [5.74, 6) is 0.694. The highest BCUT2D eigenvalue weighted by Gasteiger charge is 2.18. The van der Waals surface area contributed by atoms with E-state index in [1.54, 1.807) is 4.90 Å². The van der Waals surface area contributed by atoms with E-state index in [-0.39, 0.29) is 17.8 Å². The van der Waals surface area contributed by atoms with Gasteiger partial charge in [0, 0.05) is 25.4 Å². The molecule has 100 valence electrons. The van der Waals surface area contributed by atoms with Crippen LogP contribution in [0.4, 0.5) is 0 Å². The predicted octanol–water partition coefficient (Wildman–Crippen LogP) is 1.80. The minimum Gasteiger partial charge on any atom is -0.409 e. The Kier molecular flexibility index (Phi) is 7.34. The summed E-state index contributed by atoms with van der Waals surface area (Å²) in [5.41, 5.74) is 5.41. The molecule has 0 fully saturated rings. The number of carbonyl (C=O) groups excluding carboxylic acids is 1. The van der Waals surface area contributed by atoms with Gasteiger partial charge in [-0.1, -0.05) is 25.4 Å². The molecule has 1 atom stereocenters. The van der Waals surface area contributed by atoms with Gasteiger partial charge in [-0.15, -0.1) is 0 Å². The summed E-state index contributed by atoms with van der Waals surface area (Å²) >= 11 is 0. The average molecular weight is 243 g/mol. The van der Waals surface area contributed by atoms with Gasteiger partial charge in [-0.25, -0.2) is 0 Å². The predicted molar refractivity (Wildman–Crippen MR) is 68.9 cm³/mol. The van der Waals surface area contributed by atoms with Gasteiger partial charge in [0.1, 0.15) is 5.84 Å². The van der Waals surface area contributed by atoms with Crippen LogP contribution in [-0.2, 0) is 4.79 Å². The highest BCUT2D eigenvalue weighted by molar-refractivity contribution is 5.81. The fourth-order valence-electron chi connectivity index (χ4n) is 1.52. The number of nitrogens with two attached hydrogens (primary N) is 1. The summed E-state index contributed by atoms with van der Waals surface area (Å²) in [7, 11) is 0. The van der Waals surface area contributed by atoms with Crippen LogP contribution in [0, 0.1) is 5.92 Å². The summed E-state index contributed by atoms with van der Waals surface area (Å²) in [6, 6.07) is 0.137. The number of hydrogen-bond acceptors (Lipinski definition) is 3. The lowest BCUT2D eigenvalue weighted by Gasteiger charge is -2.27. The van der Waals surface area contributed by atoms with Crippen LogP contribution in [0.2, 0.25) is 0 Å². The Balaban J connectivity index is 4.37. The Morgan fingerprint density at radius 2 is 2.00 bits per heavy atom. The molecule has 0 aliphatic rings. The van der Waals surface area contributed by atoms with E-state index in [2.05, 4.69) is 19.0 Å². The maximum atomic E-state index is 12.0. The zero-order valence-corrected chi connectivity index (χ0v) is 11.3. The molecule has 3 N–H and O–H groups in total. The first-order chi connectivity index (χ1) is 7.92. The minimum atomic E-state index is 0.137. The van der Waals surface area contributed by atoms with Gasteiger partial charge < -0.3 is 15.8 Å². The van der Waals surface area contributed by atoms with Crippen LogP contribution in [0.25, 0.3) is 0 Å². The van der Waals surface area contributed by atoms with Crippen molar-refractivity contribution in [1.82, 2.24) is 4.90 Å². The minimum absolute atomic E-state index is 0.137. The molecular formula is C12H25N3O2. The van der Waals surface area contributed by atoms with Crippen LogP contribution in [0.15, 0.2) is 5.16 Å². The number of amides is 1. The van der Waals surface area contributed by atoms with Gasteiger partial charge in [-0.2, -0.15) is 0 Å². The van der Waals surface area contributed by atoms with Gasteiger partial charge in [-0.3, -0.25) is 4.79 Å². The van der Waals surface area contributed by atoms with Crippen LogP contribution in [0.1, 0.15) is 47.0 Å². The molecule has 0 spiro atoms. The lowest BCUT2D eigenvalue weighted by molar-refractivity contribution is -0.133. The zero-order chi connectivity index (χ0) is 13.4. The number of nitrogens with zero attached hydrogens (tertiary/aromatic N) is 2. The molecule has 5 nitrogen and oxygen atoms in total. The smallest absolute Gasteiger partial charge is 0.223 e. The molecule has 0 rings (SSSR count). The first-order valence-electron chi connectivity index (χ1n) is 6.18. The number of rotatable bonds is 7. The Hall–Kier alpha value is -1.26. The standard InChI is InChI=1S/C12H25N3O2/c1-5-10(4)8-12(16)15(9(2)3)7-6-11(13)14-17/h9-10,17H,5-8H2,1-4H3,(H2,13,14).